The van der Waals surface area contributed by atoms with E-state index in [-0.39, 0.29) is 21.9 Å². The second kappa shape index (κ2) is 9.06. The Morgan fingerprint density at radius 1 is 1.00 bits per heavy atom. The summed E-state index contributed by atoms with van der Waals surface area (Å²) in [6.45, 7) is 8.56. The summed E-state index contributed by atoms with van der Waals surface area (Å²) in [6, 6.07) is 9.84. The van der Waals surface area contributed by atoms with Crippen molar-refractivity contribution in [2.24, 2.45) is 0 Å². The molecule has 0 fully saturated rings. The third kappa shape index (κ3) is 4.89. The molecule has 0 saturated carbocycles. The lowest BCUT2D eigenvalue weighted by atomic mass is 9.92. The average molecular weight is 485 g/mol. The van der Waals surface area contributed by atoms with Crippen molar-refractivity contribution in [3.8, 4) is 22.8 Å². The Bertz CT molecular complexity index is 1360. The first-order valence-electron chi connectivity index (χ1n) is 10.6. The highest BCUT2D eigenvalue weighted by Gasteiger charge is 2.29. The van der Waals surface area contributed by atoms with Gasteiger partial charge in [-0.3, -0.25) is 9.59 Å². The van der Waals surface area contributed by atoms with E-state index in [2.05, 4.69) is 5.10 Å². The monoisotopic (exact) mass is 484 g/mol. The number of methoxy groups -OCH3 is 1. The molecule has 3 aromatic rings. The highest BCUT2D eigenvalue weighted by molar-refractivity contribution is 7.90. The van der Waals surface area contributed by atoms with Gasteiger partial charge in [-0.05, 0) is 63.1 Å². The number of sulfone groups is 1. The molecule has 9 heteroatoms. The smallest absolute Gasteiger partial charge is 0.309 e. The molecule has 0 aliphatic carbocycles. The van der Waals surface area contributed by atoms with Crippen molar-refractivity contribution >= 4 is 21.6 Å². The second-order valence-corrected chi connectivity index (χ2v) is 11.0. The van der Waals surface area contributed by atoms with Gasteiger partial charge in [0.25, 0.3) is 0 Å². The van der Waals surface area contributed by atoms with Gasteiger partial charge in [-0.25, -0.2) is 13.1 Å². The van der Waals surface area contributed by atoms with Crippen LogP contribution in [-0.2, 0) is 20.2 Å². The fourth-order valence-electron chi connectivity index (χ4n) is 3.71. The van der Waals surface area contributed by atoms with Crippen LogP contribution in [0.15, 0.2) is 47.5 Å². The molecule has 0 bridgehead atoms. The molecule has 0 radical (unpaired) electrons. The molecule has 0 aliphatic rings. The summed E-state index contributed by atoms with van der Waals surface area (Å²) >= 11 is 0. The molecule has 0 saturated heterocycles. The van der Waals surface area contributed by atoms with Gasteiger partial charge in [0, 0.05) is 24.3 Å². The zero-order valence-electron chi connectivity index (χ0n) is 20.3. The Hall–Kier alpha value is -3.46. The number of esters is 1. The van der Waals surface area contributed by atoms with Crippen molar-refractivity contribution < 1.29 is 27.5 Å². The van der Waals surface area contributed by atoms with E-state index in [4.69, 9.17) is 9.47 Å². The molecule has 0 atom stereocenters. The maximum atomic E-state index is 13.6. The van der Waals surface area contributed by atoms with Crippen molar-refractivity contribution in [2.75, 3.05) is 13.4 Å². The molecule has 0 N–H and O–H groups in total. The maximum absolute atomic E-state index is 13.6. The fraction of sp³-hybridized carbons (Fsp3) is 0.320. The first kappa shape index (κ1) is 25.2. The van der Waals surface area contributed by atoms with E-state index in [1.165, 1.54) is 29.9 Å². The topological polar surface area (TPSA) is 105 Å². The first-order chi connectivity index (χ1) is 15.8. The Labute approximate surface area is 199 Å². The number of benzene rings is 2. The lowest BCUT2D eigenvalue weighted by molar-refractivity contribution is -0.132. The van der Waals surface area contributed by atoms with E-state index in [9.17, 15) is 18.0 Å². The number of hydrogen-bond acceptors (Lipinski definition) is 7. The number of carbonyl (C=O) groups excluding carboxylic acids is 2. The molecule has 34 heavy (non-hydrogen) atoms. The largest absolute Gasteiger partial charge is 0.497 e. The highest BCUT2D eigenvalue weighted by atomic mass is 32.2. The van der Waals surface area contributed by atoms with Crippen LogP contribution in [0.2, 0.25) is 0 Å². The number of aromatic nitrogens is 2. The minimum atomic E-state index is -3.59. The van der Waals surface area contributed by atoms with Gasteiger partial charge in [-0.2, -0.15) is 5.10 Å². The molecule has 0 aliphatic heterocycles. The summed E-state index contributed by atoms with van der Waals surface area (Å²) in [5.74, 6) is -0.347. The standard InChI is InChI=1S/C25H28N2O6S/c1-15-19(23(29)20-14-26-27(25(3,4)5)24(20)33-16(2)28)12-13-21(34(7,30)31)22(15)17-8-10-18(32-6)11-9-17/h8-14H,1-7H3. The molecule has 180 valence electrons. The predicted molar refractivity (Wildman–Crippen MR) is 128 cm³/mol. The van der Waals surface area contributed by atoms with Crippen molar-refractivity contribution in [1.29, 1.82) is 0 Å². The van der Waals surface area contributed by atoms with Gasteiger partial charge in [-0.15, -0.1) is 0 Å². The number of rotatable bonds is 6. The molecule has 0 amide bonds. The van der Waals surface area contributed by atoms with Gasteiger partial charge in [0.2, 0.25) is 5.88 Å². The van der Waals surface area contributed by atoms with Gasteiger partial charge in [-0.1, -0.05) is 12.1 Å². The Balaban J connectivity index is 2.25. The number of nitrogens with zero attached hydrogens (tertiary/aromatic N) is 2. The van der Waals surface area contributed by atoms with E-state index >= 15 is 0 Å². The Kier molecular flexibility index (Phi) is 6.71. The third-order valence-electron chi connectivity index (χ3n) is 5.30. The van der Waals surface area contributed by atoms with Crippen LogP contribution in [0.4, 0.5) is 0 Å². The fourth-order valence-corrected chi connectivity index (χ4v) is 4.67. The van der Waals surface area contributed by atoms with Crippen molar-refractivity contribution in [2.45, 2.75) is 45.1 Å². The van der Waals surface area contributed by atoms with Crippen LogP contribution in [-0.4, -0.2) is 43.3 Å². The van der Waals surface area contributed by atoms with Gasteiger partial charge >= 0.3 is 5.97 Å². The van der Waals surface area contributed by atoms with E-state index in [1.807, 2.05) is 20.8 Å². The summed E-state index contributed by atoms with van der Waals surface area (Å²) in [5, 5.41) is 4.28. The normalized spacial score (nSPS) is 11.9. The van der Waals surface area contributed by atoms with Gasteiger partial charge in [0.15, 0.2) is 15.6 Å². The van der Waals surface area contributed by atoms with Crippen LogP contribution in [0.5, 0.6) is 11.6 Å². The SMILES string of the molecule is COc1ccc(-c2c(S(C)(=O)=O)ccc(C(=O)c3cnn(C(C)(C)C)c3OC(C)=O)c2C)cc1. The van der Waals surface area contributed by atoms with Crippen LogP contribution in [0.25, 0.3) is 11.1 Å². The maximum Gasteiger partial charge on any atom is 0.309 e. The second-order valence-electron chi connectivity index (χ2n) is 8.98. The molecular weight excluding hydrogens is 456 g/mol. The van der Waals surface area contributed by atoms with E-state index in [0.29, 0.717) is 22.4 Å². The summed E-state index contributed by atoms with van der Waals surface area (Å²) in [7, 11) is -2.05. The van der Waals surface area contributed by atoms with Gasteiger partial charge < -0.3 is 9.47 Å². The average Bonchev–Trinajstić information content (AvgIpc) is 3.15. The lowest BCUT2D eigenvalue weighted by Gasteiger charge is -2.22. The molecule has 1 aromatic heterocycles. The summed E-state index contributed by atoms with van der Waals surface area (Å²) in [4.78, 5) is 25.5. The third-order valence-corrected chi connectivity index (χ3v) is 6.43. The zero-order chi connectivity index (χ0) is 25.4. The molecule has 0 spiro atoms. The highest BCUT2D eigenvalue weighted by Crippen LogP contribution is 2.36. The molecular formula is C25H28N2O6S. The summed E-state index contributed by atoms with van der Waals surface area (Å²) < 4.78 is 37.2. The molecule has 0 unspecified atom stereocenters. The minimum Gasteiger partial charge on any atom is -0.497 e. The number of carbonyl (C=O) groups is 2. The van der Waals surface area contributed by atoms with Crippen LogP contribution in [0.3, 0.4) is 0 Å². The number of ether oxygens (including phenoxy) is 2. The van der Waals surface area contributed by atoms with Crippen molar-refractivity contribution in [3.05, 3.63) is 59.3 Å². The molecule has 8 nitrogen and oxygen atoms in total. The van der Waals surface area contributed by atoms with Crippen molar-refractivity contribution in [1.82, 2.24) is 9.78 Å². The van der Waals surface area contributed by atoms with Crippen LogP contribution in [0.1, 0.15) is 49.2 Å². The molecule has 3 rings (SSSR count). The quantitative estimate of drug-likeness (QED) is 0.382. The Morgan fingerprint density at radius 3 is 2.12 bits per heavy atom. The van der Waals surface area contributed by atoms with Crippen LogP contribution >= 0.6 is 0 Å². The zero-order valence-corrected chi connectivity index (χ0v) is 21.1. The lowest BCUT2D eigenvalue weighted by Crippen LogP contribution is -2.25. The van der Waals surface area contributed by atoms with Crippen LogP contribution < -0.4 is 9.47 Å². The first-order valence-corrected chi connectivity index (χ1v) is 12.4. The number of ketones is 1. The molecule has 2 aromatic carbocycles. The predicted octanol–water partition coefficient (Wildman–Crippen LogP) is 4.18. The van der Waals surface area contributed by atoms with Gasteiger partial charge in [0.05, 0.1) is 23.7 Å². The van der Waals surface area contributed by atoms with E-state index in [1.54, 1.807) is 38.3 Å². The number of hydrogen-bond donors (Lipinski definition) is 0. The summed E-state index contributed by atoms with van der Waals surface area (Å²) in [5.41, 5.74) is 1.37. The van der Waals surface area contributed by atoms with E-state index in [0.717, 1.165) is 6.26 Å². The van der Waals surface area contributed by atoms with E-state index < -0.39 is 27.1 Å². The van der Waals surface area contributed by atoms with Crippen LogP contribution in [0, 0.1) is 6.92 Å². The Morgan fingerprint density at radius 2 is 1.62 bits per heavy atom. The minimum absolute atomic E-state index is 0.0441. The summed E-state index contributed by atoms with van der Waals surface area (Å²) in [6.07, 6.45) is 2.49. The van der Waals surface area contributed by atoms with Gasteiger partial charge in [0.1, 0.15) is 11.3 Å². The molecule has 1 heterocycles. The van der Waals surface area contributed by atoms with Crippen molar-refractivity contribution in [3.63, 3.8) is 0 Å².